The highest BCUT2D eigenvalue weighted by Crippen LogP contribution is 2.31. The summed E-state index contributed by atoms with van der Waals surface area (Å²) in [6.45, 7) is 1.83. The monoisotopic (exact) mass is 286 g/mol. The summed E-state index contributed by atoms with van der Waals surface area (Å²) in [5.74, 6) is 0.106. The summed E-state index contributed by atoms with van der Waals surface area (Å²) in [6.07, 6.45) is 3.96. The van der Waals surface area contributed by atoms with E-state index in [1.165, 1.54) is 0 Å². The van der Waals surface area contributed by atoms with Gasteiger partial charge >= 0.3 is 5.97 Å². The molecule has 0 amide bonds. The third-order valence-corrected chi connectivity index (χ3v) is 3.99. The van der Waals surface area contributed by atoms with Crippen molar-refractivity contribution in [3.8, 4) is 0 Å². The topological polar surface area (TPSA) is 71.2 Å². The van der Waals surface area contributed by atoms with Crippen molar-refractivity contribution in [3.63, 3.8) is 0 Å². The number of aryl methyl sites for hydroxylation is 1. The molecule has 0 radical (unpaired) electrons. The highest BCUT2D eigenvalue weighted by Gasteiger charge is 2.29. The normalized spacial score (nSPS) is 19.0. The van der Waals surface area contributed by atoms with E-state index in [1.54, 1.807) is 18.5 Å². The Balaban J connectivity index is 1.74. The second kappa shape index (κ2) is 5.65. The number of benzene rings is 1. The fraction of sp³-hybridized carbons (Fsp3) is 0.400. The average Bonchev–Trinajstić information content (AvgIpc) is 3.08. The Kier molecular flexibility index (Phi) is 3.70. The molecular formula is C15H18N4O2. The van der Waals surface area contributed by atoms with Gasteiger partial charge in [0.25, 0.3) is 0 Å². The van der Waals surface area contributed by atoms with Gasteiger partial charge in [-0.3, -0.25) is 4.90 Å². The number of carboxylic acids is 1. The Morgan fingerprint density at radius 3 is 2.76 bits per heavy atom. The first-order valence-corrected chi connectivity index (χ1v) is 7.05. The molecule has 0 saturated carbocycles. The molecule has 1 aliphatic heterocycles. The molecule has 0 aliphatic carbocycles. The molecule has 1 fully saturated rings. The maximum absolute atomic E-state index is 10.9. The fourth-order valence-electron chi connectivity index (χ4n) is 2.89. The van der Waals surface area contributed by atoms with E-state index in [4.69, 9.17) is 5.11 Å². The van der Waals surface area contributed by atoms with Crippen LogP contribution in [0.25, 0.3) is 0 Å². The largest absolute Gasteiger partial charge is 0.478 e. The molecule has 1 aromatic carbocycles. The third kappa shape index (κ3) is 2.80. The van der Waals surface area contributed by atoms with Crippen molar-refractivity contribution in [1.29, 1.82) is 0 Å². The minimum atomic E-state index is -0.889. The lowest BCUT2D eigenvalue weighted by Crippen LogP contribution is -2.24. The van der Waals surface area contributed by atoms with Crippen LogP contribution in [0, 0.1) is 0 Å². The zero-order chi connectivity index (χ0) is 14.8. The van der Waals surface area contributed by atoms with Crippen molar-refractivity contribution < 1.29 is 9.90 Å². The number of aromatic carboxylic acids is 1. The van der Waals surface area contributed by atoms with Crippen molar-refractivity contribution >= 4 is 5.97 Å². The smallest absolute Gasteiger partial charge is 0.335 e. The molecule has 1 aliphatic rings. The van der Waals surface area contributed by atoms with Gasteiger partial charge in [0.15, 0.2) is 0 Å². The quantitative estimate of drug-likeness (QED) is 0.928. The average molecular weight is 286 g/mol. The maximum atomic E-state index is 10.9. The van der Waals surface area contributed by atoms with Gasteiger partial charge in [0.05, 0.1) is 11.6 Å². The molecule has 1 unspecified atom stereocenters. The van der Waals surface area contributed by atoms with Crippen LogP contribution in [0.3, 0.4) is 0 Å². The summed E-state index contributed by atoms with van der Waals surface area (Å²) in [4.78, 5) is 13.2. The van der Waals surface area contributed by atoms with E-state index in [0.29, 0.717) is 5.56 Å². The molecule has 6 nitrogen and oxygen atoms in total. The molecule has 1 saturated heterocycles. The zero-order valence-electron chi connectivity index (χ0n) is 11.9. The Labute approximate surface area is 123 Å². The Bertz CT molecular complexity index is 635. The molecule has 0 bridgehead atoms. The highest BCUT2D eigenvalue weighted by molar-refractivity contribution is 5.87. The lowest BCUT2D eigenvalue weighted by Gasteiger charge is -2.23. The molecule has 1 N–H and O–H groups in total. The van der Waals surface area contributed by atoms with Gasteiger partial charge < -0.3 is 9.67 Å². The zero-order valence-corrected chi connectivity index (χ0v) is 11.9. The van der Waals surface area contributed by atoms with Crippen molar-refractivity contribution in [3.05, 3.63) is 47.5 Å². The summed E-state index contributed by atoms with van der Waals surface area (Å²) in [5.41, 5.74) is 1.44. The summed E-state index contributed by atoms with van der Waals surface area (Å²) in [5, 5.41) is 17.1. The van der Waals surface area contributed by atoms with Gasteiger partial charge in [0.2, 0.25) is 0 Å². The van der Waals surface area contributed by atoms with Gasteiger partial charge in [-0.05, 0) is 37.1 Å². The minimum Gasteiger partial charge on any atom is -0.478 e. The Morgan fingerprint density at radius 2 is 2.14 bits per heavy atom. The number of likely N-dealkylation sites (tertiary alicyclic amines) is 1. The molecule has 2 aromatic rings. The van der Waals surface area contributed by atoms with E-state index >= 15 is 0 Å². The van der Waals surface area contributed by atoms with Crippen LogP contribution in [0.15, 0.2) is 30.6 Å². The summed E-state index contributed by atoms with van der Waals surface area (Å²) in [6, 6.07) is 7.37. The van der Waals surface area contributed by atoms with E-state index in [1.807, 2.05) is 23.7 Å². The van der Waals surface area contributed by atoms with Crippen LogP contribution in [-0.4, -0.2) is 37.3 Å². The molecule has 6 heteroatoms. The Hall–Kier alpha value is -2.21. The van der Waals surface area contributed by atoms with Crippen LogP contribution in [0.1, 0.15) is 40.6 Å². The first kappa shape index (κ1) is 13.8. The van der Waals surface area contributed by atoms with Crippen molar-refractivity contribution in [2.24, 2.45) is 7.05 Å². The number of carboxylic acid groups (broad SMARTS) is 1. The van der Waals surface area contributed by atoms with Crippen LogP contribution in [0.2, 0.25) is 0 Å². The molecule has 21 heavy (non-hydrogen) atoms. The van der Waals surface area contributed by atoms with Crippen LogP contribution < -0.4 is 0 Å². The molecule has 0 spiro atoms. The standard InChI is InChI=1S/C15H18N4O2/c1-18-10-16-17-14(18)13-3-2-8-19(13)9-11-4-6-12(7-5-11)15(20)21/h4-7,10,13H,2-3,8-9H2,1H3,(H,20,21). The fourth-order valence-corrected chi connectivity index (χ4v) is 2.89. The molecule has 1 atom stereocenters. The molecule has 3 rings (SSSR count). The predicted octanol–water partition coefficient (Wildman–Crippen LogP) is 1.85. The number of hydrogen-bond acceptors (Lipinski definition) is 4. The van der Waals surface area contributed by atoms with E-state index in [0.717, 1.165) is 37.3 Å². The third-order valence-electron chi connectivity index (χ3n) is 3.99. The molecular weight excluding hydrogens is 268 g/mol. The number of carbonyl (C=O) groups is 1. The van der Waals surface area contributed by atoms with E-state index in [-0.39, 0.29) is 6.04 Å². The van der Waals surface area contributed by atoms with Gasteiger partial charge in [0.1, 0.15) is 12.2 Å². The molecule has 110 valence electrons. The van der Waals surface area contributed by atoms with Crippen LogP contribution >= 0.6 is 0 Å². The minimum absolute atomic E-state index is 0.289. The van der Waals surface area contributed by atoms with Crippen LogP contribution in [0.4, 0.5) is 0 Å². The maximum Gasteiger partial charge on any atom is 0.335 e. The van der Waals surface area contributed by atoms with Crippen molar-refractivity contribution in [2.45, 2.75) is 25.4 Å². The number of hydrogen-bond donors (Lipinski definition) is 1. The van der Waals surface area contributed by atoms with Crippen LogP contribution in [0.5, 0.6) is 0 Å². The van der Waals surface area contributed by atoms with E-state index in [2.05, 4.69) is 15.1 Å². The van der Waals surface area contributed by atoms with E-state index < -0.39 is 5.97 Å². The lowest BCUT2D eigenvalue weighted by molar-refractivity contribution is 0.0697. The van der Waals surface area contributed by atoms with Gasteiger partial charge in [-0.15, -0.1) is 10.2 Å². The molecule has 1 aromatic heterocycles. The first-order valence-electron chi connectivity index (χ1n) is 7.05. The van der Waals surface area contributed by atoms with Gasteiger partial charge in [-0.1, -0.05) is 12.1 Å². The van der Waals surface area contributed by atoms with Gasteiger partial charge in [-0.2, -0.15) is 0 Å². The SMILES string of the molecule is Cn1cnnc1C1CCCN1Cc1ccc(C(=O)O)cc1. The van der Waals surface area contributed by atoms with Gasteiger partial charge in [-0.25, -0.2) is 4.79 Å². The summed E-state index contributed by atoms with van der Waals surface area (Å²) >= 11 is 0. The second-order valence-electron chi connectivity index (χ2n) is 5.43. The lowest BCUT2D eigenvalue weighted by atomic mass is 10.1. The second-order valence-corrected chi connectivity index (χ2v) is 5.43. The van der Waals surface area contributed by atoms with Crippen LogP contribution in [-0.2, 0) is 13.6 Å². The number of aromatic nitrogens is 3. The van der Waals surface area contributed by atoms with Gasteiger partial charge in [0, 0.05) is 13.6 Å². The summed E-state index contributed by atoms with van der Waals surface area (Å²) < 4.78 is 1.97. The Morgan fingerprint density at radius 1 is 1.38 bits per heavy atom. The predicted molar refractivity (Wildman–Crippen MR) is 76.8 cm³/mol. The molecule has 2 heterocycles. The van der Waals surface area contributed by atoms with E-state index in [9.17, 15) is 4.79 Å². The number of rotatable bonds is 4. The number of nitrogens with zero attached hydrogens (tertiary/aromatic N) is 4. The first-order chi connectivity index (χ1) is 10.1. The van der Waals surface area contributed by atoms with Crippen molar-refractivity contribution in [1.82, 2.24) is 19.7 Å². The highest BCUT2D eigenvalue weighted by atomic mass is 16.4. The summed E-state index contributed by atoms with van der Waals surface area (Å²) in [7, 11) is 1.97. The van der Waals surface area contributed by atoms with Crippen molar-refractivity contribution in [2.75, 3.05) is 6.54 Å².